The summed E-state index contributed by atoms with van der Waals surface area (Å²) in [4.78, 5) is 0. The van der Waals surface area contributed by atoms with Crippen molar-refractivity contribution in [2.45, 2.75) is 50.5 Å². The maximum absolute atomic E-state index is 11.2. The van der Waals surface area contributed by atoms with Crippen LogP contribution in [-0.2, 0) is 14.3 Å². The van der Waals surface area contributed by atoms with Crippen LogP contribution in [-0.4, -0.2) is 28.9 Å². The molecule has 16 heavy (non-hydrogen) atoms. The van der Waals surface area contributed by atoms with Crippen molar-refractivity contribution in [2.75, 3.05) is 6.26 Å². The molecule has 0 unspecified atom stereocenters. The Labute approximate surface area is 99.7 Å². The summed E-state index contributed by atoms with van der Waals surface area (Å²) in [5.41, 5.74) is 0.748. The molecule has 2 aliphatic carbocycles. The van der Waals surface area contributed by atoms with E-state index in [1.807, 2.05) is 0 Å². The van der Waals surface area contributed by atoms with Gasteiger partial charge >= 0.3 is 0 Å². The van der Waals surface area contributed by atoms with Gasteiger partial charge < -0.3 is 0 Å². The Kier molecular flexibility index (Phi) is 3.00. The molecule has 0 aromatic heterocycles. The number of rotatable bonds is 3. The SMILES string of the molecule is C[Si](C)(C)[C@@H]1C[C@@H]2C[C@H]1[C@H](OS(C)(=O)=O)C2. The van der Waals surface area contributed by atoms with Crippen LogP contribution in [0.25, 0.3) is 0 Å². The fourth-order valence-corrected chi connectivity index (χ4v) is 6.96. The summed E-state index contributed by atoms with van der Waals surface area (Å²) in [5, 5.41) is 0. The van der Waals surface area contributed by atoms with E-state index in [0.717, 1.165) is 12.0 Å². The normalized spacial score (nSPS) is 39.2. The van der Waals surface area contributed by atoms with Gasteiger partial charge in [-0.1, -0.05) is 19.6 Å². The van der Waals surface area contributed by atoms with Crippen LogP contribution >= 0.6 is 0 Å². The lowest BCUT2D eigenvalue weighted by molar-refractivity contribution is 0.145. The Balaban J connectivity index is 2.10. The summed E-state index contributed by atoms with van der Waals surface area (Å²) in [6, 6.07) is 0. The van der Waals surface area contributed by atoms with Crippen molar-refractivity contribution < 1.29 is 12.6 Å². The fraction of sp³-hybridized carbons (Fsp3) is 1.00. The summed E-state index contributed by atoms with van der Waals surface area (Å²) in [6.07, 6.45) is 4.60. The molecule has 2 rings (SSSR count). The molecular formula is C11H22O3SSi. The van der Waals surface area contributed by atoms with Gasteiger partial charge in [-0.3, -0.25) is 4.18 Å². The van der Waals surface area contributed by atoms with E-state index >= 15 is 0 Å². The first kappa shape index (κ1) is 12.6. The predicted molar refractivity (Wildman–Crippen MR) is 67.6 cm³/mol. The third-order valence-electron chi connectivity index (χ3n) is 4.16. The molecule has 3 nitrogen and oxygen atoms in total. The highest BCUT2D eigenvalue weighted by atomic mass is 32.2. The average Bonchev–Trinajstić information content (AvgIpc) is 2.56. The van der Waals surface area contributed by atoms with Gasteiger partial charge in [0.1, 0.15) is 0 Å². The highest BCUT2D eigenvalue weighted by Crippen LogP contribution is 2.56. The highest BCUT2D eigenvalue weighted by Gasteiger charge is 2.51. The van der Waals surface area contributed by atoms with Crippen LogP contribution < -0.4 is 0 Å². The molecule has 0 saturated heterocycles. The second kappa shape index (κ2) is 3.82. The molecule has 0 spiro atoms. The molecule has 2 saturated carbocycles. The second-order valence-corrected chi connectivity index (χ2v) is 13.6. The van der Waals surface area contributed by atoms with Crippen molar-refractivity contribution in [3.63, 3.8) is 0 Å². The zero-order valence-corrected chi connectivity index (χ0v) is 12.4. The van der Waals surface area contributed by atoms with Crippen LogP contribution in [0.1, 0.15) is 19.3 Å². The average molecular weight is 262 g/mol. The summed E-state index contributed by atoms with van der Waals surface area (Å²) in [7, 11) is -4.45. The molecule has 0 N–H and O–H groups in total. The maximum Gasteiger partial charge on any atom is 0.264 e. The van der Waals surface area contributed by atoms with Gasteiger partial charge in [-0.05, 0) is 36.6 Å². The van der Waals surface area contributed by atoms with Crippen LogP contribution in [0.2, 0.25) is 25.2 Å². The Morgan fingerprint density at radius 2 is 1.75 bits per heavy atom. The van der Waals surface area contributed by atoms with Gasteiger partial charge in [0, 0.05) is 8.07 Å². The third kappa shape index (κ3) is 2.51. The van der Waals surface area contributed by atoms with Crippen LogP contribution in [0, 0.1) is 11.8 Å². The van der Waals surface area contributed by atoms with E-state index in [0.29, 0.717) is 11.8 Å². The van der Waals surface area contributed by atoms with E-state index in [1.54, 1.807) is 0 Å². The van der Waals surface area contributed by atoms with Gasteiger partial charge in [-0.2, -0.15) is 8.42 Å². The molecule has 0 aromatic rings. The van der Waals surface area contributed by atoms with E-state index < -0.39 is 18.2 Å². The monoisotopic (exact) mass is 262 g/mol. The van der Waals surface area contributed by atoms with E-state index in [2.05, 4.69) is 19.6 Å². The molecule has 0 aliphatic heterocycles. The van der Waals surface area contributed by atoms with Crippen molar-refractivity contribution in [1.82, 2.24) is 0 Å². The van der Waals surface area contributed by atoms with Gasteiger partial charge in [0.25, 0.3) is 10.1 Å². The number of hydrogen-bond donors (Lipinski definition) is 0. The topological polar surface area (TPSA) is 43.4 Å². The van der Waals surface area contributed by atoms with E-state index in [4.69, 9.17) is 4.18 Å². The van der Waals surface area contributed by atoms with E-state index in [-0.39, 0.29) is 6.10 Å². The summed E-state index contributed by atoms with van der Waals surface area (Å²) >= 11 is 0. The standard InChI is InChI=1S/C11H22O3SSi/c1-15(12,13)14-10-6-8-5-9(10)11(7-8)16(2,3)4/h8-11H,5-7H2,1-4H3/t8-,9+,10-,11-/m1/s1. The molecular weight excluding hydrogens is 240 g/mol. The molecule has 0 radical (unpaired) electrons. The summed E-state index contributed by atoms with van der Waals surface area (Å²) < 4.78 is 27.7. The molecule has 0 heterocycles. The first-order valence-electron chi connectivity index (χ1n) is 6.05. The number of hydrogen-bond acceptors (Lipinski definition) is 3. The quantitative estimate of drug-likeness (QED) is 0.580. The van der Waals surface area contributed by atoms with Crippen molar-refractivity contribution >= 4 is 18.2 Å². The van der Waals surface area contributed by atoms with Crippen LogP contribution in [0.15, 0.2) is 0 Å². The molecule has 0 aromatic carbocycles. The summed E-state index contributed by atoms with van der Waals surface area (Å²) in [5.74, 6) is 1.22. The molecule has 5 heteroatoms. The first-order chi connectivity index (χ1) is 7.17. The van der Waals surface area contributed by atoms with Gasteiger partial charge in [0.15, 0.2) is 0 Å². The third-order valence-corrected chi connectivity index (χ3v) is 7.65. The fourth-order valence-electron chi connectivity index (χ4n) is 3.62. The Hall–Kier alpha value is 0.127. The van der Waals surface area contributed by atoms with Gasteiger partial charge in [-0.15, -0.1) is 0 Å². The molecule has 2 bridgehead atoms. The smallest absolute Gasteiger partial charge is 0.264 e. The Bertz CT molecular complexity index is 371. The Morgan fingerprint density at radius 3 is 2.19 bits per heavy atom. The van der Waals surface area contributed by atoms with E-state index in [1.165, 1.54) is 19.1 Å². The molecule has 2 fully saturated rings. The second-order valence-electron chi connectivity index (χ2n) is 6.55. The molecule has 94 valence electrons. The minimum Gasteiger partial charge on any atom is -0.267 e. The van der Waals surface area contributed by atoms with Crippen molar-refractivity contribution in [1.29, 1.82) is 0 Å². The minimum atomic E-state index is -3.28. The zero-order chi connectivity index (χ0) is 12.1. The Morgan fingerprint density at radius 1 is 1.12 bits per heavy atom. The first-order valence-corrected chi connectivity index (χ1v) is 11.4. The van der Waals surface area contributed by atoms with Crippen molar-refractivity contribution in [3.8, 4) is 0 Å². The van der Waals surface area contributed by atoms with Crippen molar-refractivity contribution in [2.24, 2.45) is 11.8 Å². The van der Waals surface area contributed by atoms with Gasteiger partial charge in [0.05, 0.1) is 12.4 Å². The number of fused-ring (bicyclic) bond motifs is 2. The zero-order valence-electron chi connectivity index (χ0n) is 10.6. The van der Waals surface area contributed by atoms with Crippen LogP contribution in [0.5, 0.6) is 0 Å². The van der Waals surface area contributed by atoms with Crippen LogP contribution in [0.4, 0.5) is 0 Å². The van der Waals surface area contributed by atoms with Crippen LogP contribution in [0.3, 0.4) is 0 Å². The molecule has 4 atom stereocenters. The lowest BCUT2D eigenvalue weighted by Crippen LogP contribution is -2.38. The van der Waals surface area contributed by atoms with E-state index in [9.17, 15) is 8.42 Å². The largest absolute Gasteiger partial charge is 0.267 e. The predicted octanol–water partition coefficient (Wildman–Crippen LogP) is 2.47. The lowest BCUT2D eigenvalue weighted by atomic mass is 9.97. The van der Waals surface area contributed by atoms with Gasteiger partial charge in [-0.25, -0.2) is 0 Å². The van der Waals surface area contributed by atoms with Crippen molar-refractivity contribution in [3.05, 3.63) is 0 Å². The minimum absolute atomic E-state index is 0.0227. The summed E-state index contributed by atoms with van der Waals surface area (Å²) in [6.45, 7) is 7.15. The maximum atomic E-state index is 11.2. The molecule has 0 amide bonds. The highest BCUT2D eigenvalue weighted by molar-refractivity contribution is 7.86. The molecule has 2 aliphatic rings. The lowest BCUT2D eigenvalue weighted by Gasteiger charge is -2.36. The van der Waals surface area contributed by atoms with Gasteiger partial charge in [0.2, 0.25) is 0 Å².